The SMILES string of the molecule is CNc1ccc(-c2ccccc2)nc1N. The molecule has 3 N–H and O–H groups in total. The molecule has 0 atom stereocenters. The fourth-order valence-electron chi connectivity index (χ4n) is 1.46. The molecule has 0 fully saturated rings. The number of benzene rings is 1. The van der Waals surface area contributed by atoms with Crippen LogP contribution in [0.25, 0.3) is 11.3 Å². The summed E-state index contributed by atoms with van der Waals surface area (Å²) in [4.78, 5) is 4.33. The minimum atomic E-state index is 0.527. The molecule has 0 saturated carbocycles. The van der Waals surface area contributed by atoms with Crippen LogP contribution in [0.3, 0.4) is 0 Å². The number of hydrogen-bond acceptors (Lipinski definition) is 3. The number of rotatable bonds is 2. The fourth-order valence-corrected chi connectivity index (χ4v) is 1.46. The first kappa shape index (κ1) is 9.52. The van der Waals surface area contributed by atoms with Crippen molar-refractivity contribution in [1.29, 1.82) is 0 Å². The average Bonchev–Trinajstić information content (AvgIpc) is 2.30. The minimum absolute atomic E-state index is 0.527. The Balaban J connectivity index is 2.43. The number of pyridine rings is 1. The van der Waals surface area contributed by atoms with E-state index in [1.807, 2.05) is 49.5 Å². The molecule has 76 valence electrons. The molecule has 2 aromatic rings. The van der Waals surface area contributed by atoms with Crippen molar-refractivity contribution in [1.82, 2.24) is 4.98 Å². The van der Waals surface area contributed by atoms with Crippen LogP contribution in [0.2, 0.25) is 0 Å². The quantitative estimate of drug-likeness (QED) is 0.780. The zero-order valence-electron chi connectivity index (χ0n) is 8.57. The van der Waals surface area contributed by atoms with Crippen LogP contribution in [0.5, 0.6) is 0 Å². The van der Waals surface area contributed by atoms with Gasteiger partial charge < -0.3 is 11.1 Å². The summed E-state index contributed by atoms with van der Waals surface area (Å²) in [6.07, 6.45) is 0. The van der Waals surface area contributed by atoms with Crippen LogP contribution in [0.4, 0.5) is 11.5 Å². The van der Waals surface area contributed by atoms with Gasteiger partial charge in [-0.05, 0) is 12.1 Å². The van der Waals surface area contributed by atoms with Gasteiger partial charge >= 0.3 is 0 Å². The highest BCUT2D eigenvalue weighted by Crippen LogP contribution is 2.22. The largest absolute Gasteiger partial charge is 0.385 e. The zero-order valence-corrected chi connectivity index (χ0v) is 8.57. The average molecular weight is 199 g/mol. The molecule has 0 spiro atoms. The van der Waals surface area contributed by atoms with Crippen LogP contribution in [0, 0.1) is 0 Å². The van der Waals surface area contributed by atoms with E-state index in [1.165, 1.54) is 0 Å². The number of hydrogen-bond donors (Lipinski definition) is 2. The molecular weight excluding hydrogens is 186 g/mol. The van der Waals surface area contributed by atoms with E-state index in [2.05, 4.69) is 10.3 Å². The van der Waals surface area contributed by atoms with E-state index < -0.39 is 0 Å². The van der Waals surface area contributed by atoms with Gasteiger partial charge in [-0.1, -0.05) is 30.3 Å². The molecule has 3 heteroatoms. The van der Waals surface area contributed by atoms with Gasteiger partial charge in [0.15, 0.2) is 0 Å². The normalized spacial score (nSPS) is 9.93. The van der Waals surface area contributed by atoms with E-state index >= 15 is 0 Å². The standard InChI is InChI=1S/C12H13N3/c1-14-11-8-7-10(15-12(11)13)9-5-3-2-4-6-9/h2-8,14H,1H3,(H2,13,15). The van der Waals surface area contributed by atoms with Crippen molar-refractivity contribution in [3.05, 3.63) is 42.5 Å². The van der Waals surface area contributed by atoms with Crippen molar-refractivity contribution < 1.29 is 0 Å². The van der Waals surface area contributed by atoms with Crippen LogP contribution < -0.4 is 11.1 Å². The summed E-state index contributed by atoms with van der Waals surface area (Å²) in [7, 11) is 1.83. The van der Waals surface area contributed by atoms with E-state index in [1.54, 1.807) is 0 Å². The van der Waals surface area contributed by atoms with Crippen molar-refractivity contribution >= 4 is 11.5 Å². The smallest absolute Gasteiger partial charge is 0.147 e. The maximum Gasteiger partial charge on any atom is 0.147 e. The van der Waals surface area contributed by atoms with Gasteiger partial charge in [0.1, 0.15) is 5.82 Å². The summed E-state index contributed by atoms with van der Waals surface area (Å²) in [6.45, 7) is 0. The summed E-state index contributed by atoms with van der Waals surface area (Å²) >= 11 is 0. The van der Waals surface area contributed by atoms with Crippen molar-refractivity contribution in [2.24, 2.45) is 0 Å². The predicted octanol–water partition coefficient (Wildman–Crippen LogP) is 2.37. The molecular formula is C12H13N3. The highest BCUT2D eigenvalue weighted by Gasteiger charge is 2.02. The van der Waals surface area contributed by atoms with Gasteiger partial charge in [0.25, 0.3) is 0 Å². The van der Waals surface area contributed by atoms with E-state index in [0.717, 1.165) is 16.9 Å². The van der Waals surface area contributed by atoms with E-state index in [9.17, 15) is 0 Å². The molecule has 1 aromatic heterocycles. The Bertz CT molecular complexity index is 452. The molecule has 2 rings (SSSR count). The third-order valence-electron chi connectivity index (χ3n) is 2.26. The Morgan fingerprint density at radius 2 is 1.80 bits per heavy atom. The summed E-state index contributed by atoms with van der Waals surface area (Å²) < 4.78 is 0. The minimum Gasteiger partial charge on any atom is -0.385 e. The summed E-state index contributed by atoms with van der Waals surface area (Å²) in [5.74, 6) is 0.527. The Labute approximate surface area is 89.0 Å². The summed E-state index contributed by atoms with van der Waals surface area (Å²) in [6, 6.07) is 13.9. The molecule has 1 aromatic carbocycles. The lowest BCUT2D eigenvalue weighted by Gasteiger charge is -2.06. The first-order valence-corrected chi connectivity index (χ1v) is 4.81. The van der Waals surface area contributed by atoms with Crippen LogP contribution >= 0.6 is 0 Å². The molecule has 0 unspecified atom stereocenters. The maximum absolute atomic E-state index is 5.80. The van der Waals surface area contributed by atoms with Gasteiger partial charge in [0, 0.05) is 12.6 Å². The van der Waals surface area contributed by atoms with Gasteiger partial charge in [-0.15, -0.1) is 0 Å². The van der Waals surface area contributed by atoms with Crippen LogP contribution in [-0.4, -0.2) is 12.0 Å². The summed E-state index contributed by atoms with van der Waals surface area (Å²) in [5.41, 5.74) is 8.62. The lowest BCUT2D eigenvalue weighted by atomic mass is 10.1. The molecule has 3 nitrogen and oxygen atoms in total. The Morgan fingerprint density at radius 3 is 2.40 bits per heavy atom. The Kier molecular flexibility index (Phi) is 2.54. The van der Waals surface area contributed by atoms with Crippen LogP contribution in [0.15, 0.2) is 42.5 Å². The molecule has 0 bridgehead atoms. The lowest BCUT2D eigenvalue weighted by Crippen LogP contribution is -1.99. The molecule has 0 aliphatic rings. The molecule has 15 heavy (non-hydrogen) atoms. The number of nitrogens with zero attached hydrogens (tertiary/aromatic N) is 1. The van der Waals surface area contributed by atoms with Gasteiger partial charge in [-0.2, -0.15) is 0 Å². The second kappa shape index (κ2) is 4.00. The van der Waals surface area contributed by atoms with Crippen molar-refractivity contribution in [3.63, 3.8) is 0 Å². The lowest BCUT2D eigenvalue weighted by molar-refractivity contribution is 1.32. The first-order valence-electron chi connectivity index (χ1n) is 4.81. The van der Waals surface area contributed by atoms with Crippen LogP contribution in [-0.2, 0) is 0 Å². The van der Waals surface area contributed by atoms with Gasteiger partial charge in [-0.3, -0.25) is 0 Å². The van der Waals surface area contributed by atoms with Gasteiger partial charge in [0.05, 0.1) is 11.4 Å². The van der Waals surface area contributed by atoms with Crippen molar-refractivity contribution in [2.75, 3.05) is 18.1 Å². The molecule has 0 aliphatic carbocycles. The second-order valence-corrected chi connectivity index (χ2v) is 3.25. The van der Waals surface area contributed by atoms with E-state index in [4.69, 9.17) is 5.73 Å². The number of aromatic nitrogens is 1. The highest BCUT2D eigenvalue weighted by atomic mass is 14.9. The molecule has 0 saturated heterocycles. The predicted molar refractivity (Wildman–Crippen MR) is 63.6 cm³/mol. The maximum atomic E-state index is 5.80. The first-order chi connectivity index (χ1) is 7.31. The fraction of sp³-hybridized carbons (Fsp3) is 0.0833. The summed E-state index contributed by atoms with van der Waals surface area (Å²) in [5, 5.41) is 2.99. The number of nitrogen functional groups attached to an aromatic ring is 1. The molecule has 1 heterocycles. The van der Waals surface area contributed by atoms with Crippen molar-refractivity contribution in [2.45, 2.75) is 0 Å². The highest BCUT2D eigenvalue weighted by molar-refractivity contribution is 5.68. The third kappa shape index (κ3) is 1.91. The molecule has 0 aliphatic heterocycles. The van der Waals surface area contributed by atoms with Crippen molar-refractivity contribution in [3.8, 4) is 11.3 Å². The molecule has 0 radical (unpaired) electrons. The number of nitrogens with two attached hydrogens (primary N) is 1. The Morgan fingerprint density at radius 1 is 1.07 bits per heavy atom. The molecule has 0 amide bonds. The Hall–Kier alpha value is -2.03. The van der Waals surface area contributed by atoms with Gasteiger partial charge in [-0.25, -0.2) is 4.98 Å². The number of anilines is 2. The van der Waals surface area contributed by atoms with Crippen LogP contribution in [0.1, 0.15) is 0 Å². The third-order valence-corrected chi connectivity index (χ3v) is 2.26. The van der Waals surface area contributed by atoms with Gasteiger partial charge in [0.2, 0.25) is 0 Å². The zero-order chi connectivity index (χ0) is 10.7. The topological polar surface area (TPSA) is 50.9 Å². The second-order valence-electron chi connectivity index (χ2n) is 3.25. The number of nitrogens with one attached hydrogen (secondary N) is 1. The monoisotopic (exact) mass is 199 g/mol. The van der Waals surface area contributed by atoms with E-state index in [0.29, 0.717) is 5.82 Å². The van der Waals surface area contributed by atoms with E-state index in [-0.39, 0.29) is 0 Å².